The lowest BCUT2D eigenvalue weighted by Gasteiger charge is -2.44. The van der Waals surface area contributed by atoms with Crippen molar-refractivity contribution in [1.82, 2.24) is 0 Å². The summed E-state index contributed by atoms with van der Waals surface area (Å²) in [6, 6.07) is 0. The van der Waals surface area contributed by atoms with Gasteiger partial charge in [-0.15, -0.1) is 5.92 Å². The second-order valence-electron chi connectivity index (χ2n) is 11.8. The molecule has 4 N–H and O–H groups in total. The first kappa shape index (κ1) is 28.7. The van der Waals surface area contributed by atoms with Crippen LogP contribution in [0.15, 0.2) is 35.5 Å². The Kier molecular flexibility index (Phi) is 9.27. The maximum Gasteiger partial charge on any atom is 0.305 e. The van der Waals surface area contributed by atoms with Gasteiger partial charge >= 0.3 is 5.97 Å². The van der Waals surface area contributed by atoms with Crippen LogP contribution in [0, 0.1) is 35.0 Å². The molecule has 0 saturated heterocycles. The Bertz CT molecular complexity index is 945. The van der Waals surface area contributed by atoms with Gasteiger partial charge in [0.05, 0.1) is 19.1 Å². The van der Waals surface area contributed by atoms with E-state index in [1.165, 1.54) is 18.4 Å². The van der Waals surface area contributed by atoms with Crippen molar-refractivity contribution in [1.29, 1.82) is 0 Å². The van der Waals surface area contributed by atoms with E-state index in [0.717, 1.165) is 31.3 Å². The monoisotopic (exact) mass is 500 g/mol. The van der Waals surface area contributed by atoms with Gasteiger partial charge in [0.25, 0.3) is 0 Å². The topological polar surface area (TPSA) is 107 Å². The van der Waals surface area contributed by atoms with E-state index in [9.17, 15) is 20.1 Å². The normalized spacial score (nSPS) is 35.9. The fourth-order valence-corrected chi connectivity index (χ4v) is 6.72. The number of aliphatic carboxylic acids is 1. The first-order valence-electron chi connectivity index (χ1n) is 13.3. The Balaban J connectivity index is 1.70. The van der Waals surface area contributed by atoms with E-state index in [1.54, 1.807) is 13.8 Å². The van der Waals surface area contributed by atoms with E-state index in [1.807, 2.05) is 6.08 Å². The summed E-state index contributed by atoms with van der Waals surface area (Å²) in [5, 5.41) is 40.0. The number of hydrogen-bond acceptors (Lipinski definition) is 5. The second-order valence-corrected chi connectivity index (χ2v) is 11.8. The number of allylic oxidation sites excluding steroid dienone is 3. The van der Waals surface area contributed by atoms with Crippen molar-refractivity contribution in [2.45, 2.75) is 103 Å². The third kappa shape index (κ3) is 6.69. The van der Waals surface area contributed by atoms with Crippen molar-refractivity contribution in [3.8, 4) is 11.8 Å². The highest BCUT2D eigenvalue weighted by Crippen LogP contribution is 2.59. The van der Waals surface area contributed by atoms with Gasteiger partial charge in [-0.3, -0.25) is 4.79 Å². The number of rotatable bonds is 7. The van der Waals surface area contributed by atoms with Gasteiger partial charge in [-0.25, -0.2) is 0 Å². The zero-order valence-corrected chi connectivity index (χ0v) is 22.3. The maximum atomic E-state index is 10.7. The van der Waals surface area contributed by atoms with E-state index < -0.39 is 29.9 Å². The van der Waals surface area contributed by atoms with E-state index in [0.29, 0.717) is 29.7 Å². The third-order valence-corrected chi connectivity index (χ3v) is 8.56. The molecule has 3 saturated carbocycles. The fourth-order valence-electron chi connectivity index (χ4n) is 6.72. The van der Waals surface area contributed by atoms with Crippen LogP contribution in [0.4, 0.5) is 0 Å². The molecule has 36 heavy (non-hydrogen) atoms. The predicted molar refractivity (Wildman–Crippen MR) is 140 cm³/mol. The molecule has 3 rings (SSSR count). The maximum absolute atomic E-state index is 10.7. The fraction of sp³-hybridized carbons (Fsp3) is 0.700. The summed E-state index contributed by atoms with van der Waals surface area (Å²) >= 11 is 0. The van der Waals surface area contributed by atoms with Crippen LogP contribution in [0.25, 0.3) is 0 Å². The van der Waals surface area contributed by atoms with E-state index >= 15 is 0 Å². The van der Waals surface area contributed by atoms with Gasteiger partial charge in [0.1, 0.15) is 17.8 Å². The molecular formula is C30H44O6. The van der Waals surface area contributed by atoms with Gasteiger partial charge in [0.15, 0.2) is 0 Å². The molecule has 0 aromatic carbocycles. The molecule has 0 bridgehead atoms. The summed E-state index contributed by atoms with van der Waals surface area (Å²) in [7, 11) is 0. The minimum atomic E-state index is -1.06. The third-order valence-electron chi connectivity index (χ3n) is 8.56. The van der Waals surface area contributed by atoms with Crippen LogP contribution >= 0.6 is 0 Å². The molecule has 0 spiro atoms. The van der Waals surface area contributed by atoms with Crippen LogP contribution in [-0.4, -0.2) is 56.9 Å². The molecule has 6 heteroatoms. The van der Waals surface area contributed by atoms with Gasteiger partial charge in [-0.1, -0.05) is 44.1 Å². The molecule has 200 valence electrons. The molecular weight excluding hydrogens is 456 g/mol. The molecule has 0 radical (unpaired) electrons. The summed E-state index contributed by atoms with van der Waals surface area (Å²) in [5.41, 5.74) is 2.05. The first-order chi connectivity index (χ1) is 16.8. The van der Waals surface area contributed by atoms with Crippen molar-refractivity contribution in [2.24, 2.45) is 23.2 Å². The summed E-state index contributed by atoms with van der Waals surface area (Å²) in [6.07, 6.45) is 8.04. The number of carboxylic acids is 1. The minimum absolute atomic E-state index is 0.0618. The molecule has 3 aliphatic carbocycles. The summed E-state index contributed by atoms with van der Waals surface area (Å²) in [4.78, 5) is 10.7. The Hall–Kier alpha value is -1.91. The molecule has 0 aliphatic heterocycles. The Morgan fingerprint density at radius 3 is 2.69 bits per heavy atom. The van der Waals surface area contributed by atoms with E-state index in [4.69, 9.17) is 9.84 Å². The SMILES string of the molecule is C=C1C(=CC=C2CCC[C@@]3(C)C2CC[C@@H]3[C@H](C)CC#CC(C)(C)O)C[C@@H](O)[C@H](OCCC(=O)O)[C@@H]1O. The lowest BCUT2D eigenvalue weighted by Crippen LogP contribution is -2.45. The molecule has 3 fully saturated rings. The summed E-state index contributed by atoms with van der Waals surface area (Å²) in [6.45, 7) is 12.1. The smallest absolute Gasteiger partial charge is 0.305 e. The molecule has 0 amide bonds. The molecule has 0 aromatic rings. The number of carbonyl (C=O) groups is 1. The van der Waals surface area contributed by atoms with Gasteiger partial charge in [0.2, 0.25) is 0 Å². The average molecular weight is 501 g/mol. The zero-order valence-electron chi connectivity index (χ0n) is 22.3. The van der Waals surface area contributed by atoms with Crippen LogP contribution in [-0.2, 0) is 9.53 Å². The number of aliphatic hydroxyl groups excluding tert-OH is 2. The lowest BCUT2D eigenvalue weighted by atomic mass is 9.61. The van der Waals surface area contributed by atoms with Crippen LogP contribution in [0.1, 0.15) is 79.1 Å². The van der Waals surface area contributed by atoms with Gasteiger partial charge in [0, 0.05) is 12.8 Å². The summed E-state index contributed by atoms with van der Waals surface area (Å²) < 4.78 is 5.47. The quantitative estimate of drug-likeness (QED) is 0.386. The lowest BCUT2D eigenvalue weighted by molar-refractivity contribution is -0.141. The highest BCUT2D eigenvalue weighted by atomic mass is 16.5. The standard InChI is InChI=1S/C30H44O6/c1-19(8-6-15-29(3,4)35)23-12-13-24-21(9-7-16-30(23,24)5)10-11-22-18-25(31)28(27(34)20(22)2)36-17-14-26(32)33/h10-11,19,23-25,27-28,31,34-35H,2,7-9,12-14,16-18H2,1,3-5H3,(H,32,33)/t19-,23-,24?,25-,27-,28+,30-/m1/s1. The van der Waals surface area contributed by atoms with E-state index in [-0.39, 0.29) is 18.4 Å². The Morgan fingerprint density at radius 2 is 2.03 bits per heavy atom. The molecule has 1 unspecified atom stereocenters. The number of aliphatic hydroxyl groups is 3. The number of ether oxygens (including phenoxy) is 1. The minimum Gasteiger partial charge on any atom is -0.481 e. The van der Waals surface area contributed by atoms with Crippen LogP contribution in [0.2, 0.25) is 0 Å². The van der Waals surface area contributed by atoms with Crippen molar-refractivity contribution < 1.29 is 30.0 Å². The number of fused-ring (bicyclic) bond motifs is 1. The number of hydrogen-bond donors (Lipinski definition) is 4. The van der Waals surface area contributed by atoms with Crippen LogP contribution in [0.3, 0.4) is 0 Å². The second kappa shape index (κ2) is 11.6. The summed E-state index contributed by atoms with van der Waals surface area (Å²) in [5.74, 6) is 6.75. The molecule has 7 atom stereocenters. The molecule has 6 nitrogen and oxygen atoms in total. The Morgan fingerprint density at radius 1 is 1.31 bits per heavy atom. The largest absolute Gasteiger partial charge is 0.481 e. The highest BCUT2D eigenvalue weighted by Gasteiger charge is 2.50. The predicted octanol–water partition coefficient (Wildman–Crippen LogP) is 4.40. The number of carboxylic acid groups (broad SMARTS) is 1. The molecule has 0 heterocycles. The zero-order chi connectivity index (χ0) is 26.7. The van der Waals surface area contributed by atoms with Crippen molar-refractivity contribution >= 4 is 5.97 Å². The van der Waals surface area contributed by atoms with Crippen LogP contribution in [0.5, 0.6) is 0 Å². The van der Waals surface area contributed by atoms with Gasteiger partial charge in [-0.05, 0) is 80.3 Å². The van der Waals surface area contributed by atoms with Crippen molar-refractivity contribution in [3.05, 3.63) is 35.5 Å². The van der Waals surface area contributed by atoms with E-state index in [2.05, 4.69) is 38.3 Å². The average Bonchev–Trinajstić information content (AvgIpc) is 3.14. The van der Waals surface area contributed by atoms with Gasteiger partial charge < -0.3 is 25.2 Å². The molecule has 0 aromatic heterocycles. The Labute approximate surface area is 216 Å². The van der Waals surface area contributed by atoms with Crippen LogP contribution < -0.4 is 0 Å². The first-order valence-corrected chi connectivity index (χ1v) is 13.3. The highest BCUT2D eigenvalue weighted by molar-refractivity contribution is 5.66. The van der Waals surface area contributed by atoms with Crippen molar-refractivity contribution in [3.63, 3.8) is 0 Å². The van der Waals surface area contributed by atoms with Gasteiger partial charge in [-0.2, -0.15) is 0 Å². The molecule has 3 aliphatic rings. The van der Waals surface area contributed by atoms with Crippen molar-refractivity contribution in [2.75, 3.05) is 6.61 Å².